The van der Waals surface area contributed by atoms with E-state index in [-0.39, 0.29) is 18.9 Å². The van der Waals surface area contributed by atoms with Crippen LogP contribution in [0.2, 0.25) is 0 Å². The molecule has 0 bridgehead atoms. The van der Waals surface area contributed by atoms with Crippen molar-refractivity contribution >= 4 is 22.1 Å². The van der Waals surface area contributed by atoms with Crippen LogP contribution in [0.4, 0.5) is 0 Å². The first-order chi connectivity index (χ1) is 6.17. The quantitative estimate of drug-likeness (QED) is 0.223. The van der Waals surface area contributed by atoms with Crippen LogP contribution in [0.15, 0.2) is 0 Å². The number of carbonyl (C=O) groups excluding carboxylic acids is 1. The first-order valence-electron chi connectivity index (χ1n) is 3.36. The van der Waals surface area contributed by atoms with E-state index in [0.717, 1.165) is 6.92 Å². The summed E-state index contributed by atoms with van der Waals surface area (Å²) in [6, 6.07) is 0. The average molecular weight is 232 g/mol. The molecule has 0 saturated carbocycles. The number of hydrogen-bond donors (Lipinski definition) is 2. The zero-order valence-electron chi connectivity index (χ0n) is 8.26. The molecule has 9 heteroatoms. The van der Waals surface area contributed by atoms with E-state index in [4.69, 9.17) is 9.66 Å². The van der Waals surface area contributed by atoms with Gasteiger partial charge in [0.1, 0.15) is 0 Å². The molecular formula is C6H9LiO7S. The van der Waals surface area contributed by atoms with Crippen LogP contribution in [0.1, 0.15) is 13.3 Å². The maximum absolute atomic E-state index is 10.7. The van der Waals surface area contributed by atoms with Crippen LogP contribution in [-0.4, -0.2) is 34.9 Å². The molecule has 0 aromatic rings. The number of carboxylic acids is 1. The van der Waals surface area contributed by atoms with Crippen molar-refractivity contribution in [3.8, 4) is 0 Å². The third-order valence-electron chi connectivity index (χ3n) is 1.38. The van der Waals surface area contributed by atoms with Crippen LogP contribution < -0.4 is 18.9 Å². The van der Waals surface area contributed by atoms with E-state index in [1.54, 1.807) is 0 Å². The van der Waals surface area contributed by atoms with Crippen molar-refractivity contribution in [3.63, 3.8) is 0 Å². The maximum atomic E-state index is 10.7. The molecule has 0 aliphatic heterocycles. The third-order valence-corrected chi connectivity index (χ3v) is 2.68. The molecule has 0 amide bonds. The molecule has 0 aliphatic carbocycles. The number of aliphatic carboxylic acids is 1. The third kappa shape index (κ3) is 3.50. The second-order valence-corrected chi connectivity index (χ2v) is 3.99. The summed E-state index contributed by atoms with van der Waals surface area (Å²) in [5, 5.41) is 8.55. The molecule has 1 atom stereocenters. The second kappa shape index (κ2) is 5.51. The van der Waals surface area contributed by atoms with E-state index < -0.39 is 33.4 Å². The van der Waals surface area contributed by atoms with Gasteiger partial charge in [0.05, 0.1) is 0 Å². The Morgan fingerprint density at radius 1 is 1.47 bits per heavy atom. The minimum Gasteiger partial charge on any atom is -0.477 e. The zero-order valence-corrected chi connectivity index (χ0v) is 9.07. The molecule has 0 spiro atoms. The van der Waals surface area contributed by atoms with E-state index in [9.17, 15) is 18.0 Å². The maximum Gasteiger partial charge on any atom is 1.00 e. The topological polar surface area (TPSA) is 118 Å². The molecule has 0 radical (unpaired) electrons. The van der Waals surface area contributed by atoms with Gasteiger partial charge in [0, 0.05) is 6.92 Å². The normalized spacial score (nSPS) is 14.6. The number of ether oxygens (including phenoxy) is 1. The summed E-state index contributed by atoms with van der Waals surface area (Å²) in [6.07, 6.45) is -0.833. The van der Waals surface area contributed by atoms with E-state index in [1.165, 1.54) is 0 Å². The Hall–Kier alpha value is -0.553. The van der Waals surface area contributed by atoms with Crippen LogP contribution in [-0.2, 0) is 24.4 Å². The summed E-state index contributed by atoms with van der Waals surface area (Å²) in [5.41, 5.74) is 0. The van der Waals surface area contributed by atoms with E-state index in [0.29, 0.717) is 0 Å². The van der Waals surface area contributed by atoms with Crippen molar-refractivity contribution < 1.29 is 51.3 Å². The Kier molecular flexibility index (Phi) is 6.19. The molecule has 7 nitrogen and oxygen atoms in total. The molecule has 0 aromatic carbocycles. The number of hydrogen-bond acceptors (Lipinski definition) is 5. The second-order valence-electron chi connectivity index (χ2n) is 2.38. The Bertz CT molecular complexity index is 348. The Morgan fingerprint density at radius 3 is 1.93 bits per heavy atom. The fourth-order valence-corrected chi connectivity index (χ4v) is 1.43. The predicted molar refractivity (Wildman–Crippen MR) is 43.7 cm³/mol. The van der Waals surface area contributed by atoms with Crippen LogP contribution in [0.25, 0.3) is 0 Å². The van der Waals surface area contributed by atoms with Gasteiger partial charge in [-0.2, -0.15) is 8.42 Å². The molecular weight excluding hydrogens is 223 g/mol. The van der Waals surface area contributed by atoms with Gasteiger partial charge >= 0.3 is 45.9 Å². The first-order valence-corrected chi connectivity index (χ1v) is 4.80. The molecule has 15 heavy (non-hydrogen) atoms. The van der Waals surface area contributed by atoms with Gasteiger partial charge < -0.3 is 16.8 Å². The Labute approximate surface area is 98.7 Å². The van der Waals surface area contributed by atoms with Crippen molar-refractivity contribution in [2.75, 3.05) is 0 Å². The van der Waals surface area contributed by atoms with E-state index in [1.807, 2.05) is 0 Å². The molecule has 0 aliphatic rings. The van der Waals surface area contributed by atoms with E-state index in [2.05, 4.69) is 11.7 Å². The average Bonchev–Trinajstić information content (AvgIpc) is 1.96. The van der Waals surface area contributed by atoms with Gasteiger partial charge in [-0.05, 0) is 0 Å². The summed E-state index contributed by atoms with van der Waals surface area (Å²) in [4.78, 5) is 18.0. The fraction of sp³-hybridized carbons (Fsp3) is 0.500. The first kappa shape index (κ1) is 16.9. The van der Waals surface area contributed by atoms with Crippen LogP contribution in [0.3, 0.4) is 0 Å². The largest absolute Gasteiger partial charge is 1.00 e. The standard InChI is InChI=1S/C6H9O7S.Li/c1-3-6(5(8)9,13-4(2)7)14(10,11)12;/h1,3H2,2H3,(H,8,9)(H,10,11,12);/q-1;+1. The van der Waals surface area contributed by atoms with Crippen molar-refractivity contribution in [3.05, 3.63) is 6.92 Å². The summed E-state index contributed by atoms with van der Waals surface area (Å²) < 4.78 is 34.1. The molecule has 82 valence electrons. The number of carboxylic acid groups (broad SMARTS) is 1. The SMILES string of the molecule is [CH2-]CC(OC(C)=O)(C(=O)O)S(=O)(=O)O.[Li+]. The van der Waals surface area contributed by atoms with Gasteiger partial charge in [-0.25, -0.2) is 4.79 Å². The van der Waals surface area contributed by atoms with Crippen molar-refractivity contribution in [2.24, 2.45) is 0 Å². The molecule has 0 rings (SSSR count). The molecule has 1 unspecified atom stereocenters. The van der Waals surface area contributed by atoms with Gasteiger partial charge in [0.15, 0.2) is 0 Å². The Morgan fingerprint density at radius 2 is 1.87 bits per heavy atom. The van der Waals surface area contributed by atoms with Crippen LogP contribution in [0.5, 0.6) is 0 Å². The van der Waals surface area contributed by atoms with Crippen LogP contribution in [0, 0.1) is 6.92 Å². The Balaban J connectivity index is 0. The summed E-state index contributed by atoms with van der Waals surface area (Å²) in [6.45, 7) is 3.82. The minimum atomic E-state index is -5.08. The monoisotopic (exact) mass is 232 g/mol. The van der Waals surface area contributed by atoms with E-state index >= 15 is 0 Å². The zero-order chi connectivity index (χ0) is 11.6. The van der Waals surface area contributed by atoms with Gasteiger partial charge in [0.2, 0.25) is 0 Å². The number of rotatable bonds is 4. The number of carbonyl (C=O) groups is 2. The molecule has 0 fully saturated rings. The molecule has 0 heterocycles. The summed E-state index contributed by atoms with van der Waals surface area (Å²) in [7, 11) is -5.08. The van der Waals surface area contributed by atoms with Gasteiger partial charge in [-0.3, -0.25) is 9.35 Å². The fourth-order valence-electron chi connectivity index (χ4n) is 0.726. The summed E-state index contributed by atoms with van der Waals surface area (Å²) in [5.74, 6) is -3.14. The van der Waals surface area contributed by atoms with Gasteiger partial charge in [-0.1, -0.05) is 0 Å². The number of esters is 1. The van der Waals surface area contributed by atoms with Crippen LogP contribution >= 0.6 is 0 Å². The predicted octanol–water partition coefficient (Wildman–Crippen LogP) is -3.55. The van der Waals surface area contributed by atoms with Crippen molar-refractivity contribution in [2.45, 2.75) is 18.3 Å². The van der Waals surface area contributed by atoms with Crippen molar-refractivity contribution in [1.29, 1.82) is 0 Å². The van der Waals surface area contributed by atoms with Gasteiger partial charge in [0.25, 0.3) is 0 Å². The summed E-state index contributed by atoms with van der Waals surface area (Å²) >= 11 is 0. The smallest absolute Gasteiger partial charge is 0.477 e. The molecule has 0 aromatic heterocycles. The van der Waals surface area contributed by atoms with Gasteiger partial charge in [-0.15, -0.1) is 6.42 Å². The molecule has 0 saturated heterocycles. The molecule has 2 N–H and O–H groups in total. The minimum absolute atomic E-state index is 0. The van der Waals surface area contributed by atoms with Crippen molar-refractivity contribution in [1.82, 2.24) is 0 Å².